The number of hydrogen-bond acceptors (Lipinski definition) is 8. The highest BCUT2D eigenvalue weighted by atomic mass is 32.1. The molecule has 1 aliphatic rings. The molecule has 0 aliphatic carbocycles. The minimum absolute atomic E-state index is 0.0561. The molecule has 0 bridgehead atoms. The van der Waals surface area contributed by atoms with Crippen molar-refractivity contribution in [3.63, 3.8) is 0 Å². The van der Waals surface area contributed by atoms with Crippen LogP contribution >= 0.6 is 11.3 Å². The average Bonchev–Trinajstić information content (AvgIpc) is 3.45. The fraction of sp³-hybridized carbons (Fsp3) is 0.333. The highest BCUT2D eigenvalue weighted by molar-refractivity contribution is 7.14. The standard InChI is InChI=1S/C21H23N5O4S/c27-20(23-21-22-18(15-31-21)19-5-2-12-30-19)6-7-24-8-10-25(11-9-24)14-16-3-1-4-17(13-16)26(28)29/h1-5,12-13,15H,6-11,14H2,(H,22,23,27). The van der Waals surface area contributed by atoms with Gasteiger partial charge in [0.25, 0.3) is 5.69 Å². The van der Waals surface area contributed by atoms with Crippen LogP contribution in [0.4, 0.5) is 10.8 Å². The smallest absolute Gasteiger partial charge is 0.269 e. The lowest BCUT2D eigenvalue weighted by Gasteiger charge is -2.34. The van der Waals surface area contributed by atoms with E-state index < -0.39 is 0 Å². The van der Waals surface area contributed by atoms with Gasteiger partial charge in [0.15, 0.2) is 10.9 Å². The first-order chi connectivity index (χ1) is 15.1. The fourth-order valence-corrected chi connectivity index (χ4v) is 4.22. The third kappa shape index (κ3) is 5.75. The molecular formula is C21H23N5O4S. The number of rotatable bonds is 8. The second-order valence-electron chi connectivity index (χ2n) is 7.36. The van der Waals surface area contributed by atoms with E-state index in [1.54, 1.807) is 24.5 Å². The highest BCUT2D eigenvalue weighted by Crippen LogP contribution is 2.25. The van der Waals surface area contributed by atoms with Crippen LogP contribution in [0.1, 0.15) is 12.0 Å². The number of amides is 1. The first kappa shape index (κ1) is 21.2. The summed E-state index contributed by atoms with van der Waals surface area (Å²) in [6.45, 7) is 4.84. The number of anilines is 1. The summed E-state index contributed by atoms with van der Waals surface area (Å²) in [5.74, 6) is 0.624. The Hall–Kier alpha value is -3.08. The van der Waals surface area contributed by atoms with Crippen molar-refractivity contribution in [2.45, 2.75) is 13.0 Å². The molecule has 3 heterocycles. The van der Waals surface area contributed by atoms with Gasteiger partial charge in [-0.25, -0.2) is 4.98 Å². The van der Waals surface area contributed by atoms with Gasteiger partial charge in [0, 0.05) is 63.2 Å². The molecule has 1 fully saturated rings. The van der Waals surface area contributed by atoms with Crippen molar-refractivity contribution in [3.8, 4) is 11.5 Å². The quantitative estimate of drug-likeness (QED) is 0.422. The van der Waals surface area contributed by atoms with Crippen molar-refractivity contribution >= 4 is 28.1 Å². The van der Waals surface area contributed by atoms with E-state index in [2.05, 4.69) is 20.1 Å². The number of benzene rings is 1. The number of hydrogen-bond donors (Lipinski definition) is 1. The molecule has 4 rings (SSSR count). The van der Waals surface area contributed by atoms with E-state index in [-0.39, 0.29) is 16.5 Å². The Morgan fingerprint density at radius 3 is 2.74 bits per heavy atom. The molecule has 0 unspecified atom stereocenters. The molecule has 162 valence electrons. The Morgan fingerprint density at radius 1 is 1.19 bits per heavy atom. The number of piperazine rings is 1. The zero-order chi connectivity index (χ0) is 21.6. The first-order valence-corrected chi connectivity index (χ1v) is 10.9. The number of thiazole rings is 1. The Morgan fingerprint density at radius 2 is 2.00 bits per heavy atom. The van der Waals surface area contributed by atoms with Crippen molar-refractivity contribution in [2.75, 3.05) is 38.0 Å². The van der Waals surface area contributed by atoms with Crippen LogP contribution in [0.15, 0.2) is 52.5 Å². The number of furan rings is 1. The molecule has 1 N–H and O–H groups in total. The van der Waals surface area contributed by atoms with E-state index in [0.29, 0.717) is 36.1 Å². The molecule has 1 aliphatic heterocycles. The van der Waals surface area contributed by atoms with Gasteiger partial charge in [0.1, 0.15) is 5.69 Å². The molecular weight excluding hydrogens is 418 g/mol. The zero-order valence-electron chi connectivity index (χ0n) is 16.9. The summed E-state index contributed by atoms with van der Waals surface area (Å²) in [6.07, 6.45) is 2.00. The Balaban J connectivity index is 1.18. The second kappa shape index (κ2) is 9.82. The van der Waals surface area contributed by atoms with Gasteiger partial charge in [0.2, 0.25) is 5.91 Å². The van der Waals surface area contributed by atoms with Gasteiger partial charge in [-0.15, -0.1) is 11.3 Å². The van der Waals surface area contributed by atoms with Crippen LogP contribution in [0.2, 0.25) is 0 Å². The first-order valence-electron chi connectivity index (χ1n) is 10.0. The number of nitrogens with zero attached hydrogens (tertiary/aromatic N) is 4. The average molecular weight is 442 g/mol. The summed E-state index contributed by atoms with van der Waals surface area (Å²) in [5, 5.41) is 16.2. The fourth-order valence-electron chi connectivity index (χ4n) is 3.51. The number of nitrogens with one attached hydrogen (secondary N) is 1. The molecule has 0 spiro atoms. The van der Waals surface area contributed by atoms with E-state index in [9.17, 15) is 14.9 Å². The van der Waals surface area contributed by atoms with Gasteiger partial charge >= 0.3 is 0 Å². The van der Waals surface area contributed by atoms with Crippen LogP contribution in [0, 0.1) is 10.1 Å². The lowest BCUT2D eigenvalue weighted by Crippen LogP contribution is -2.46. The minimum Gasteiger partial charge on any atom is -0.463 e. The molecule has 2 aromatic heterocycles. The maximum absolute atomic E-state index is 12.3. The van der Waals surface area contributed by atoms with E-state index in [0.717, 1.165) is 31.7 Å². The summed E-state index contributed by atoms with van der Waals surface area (Å²) in [7, 11) is 0. The topological polar surface area (TPSA) is 105 Å². The molecule has 10 heteroatoms. The molecule has 9 nitrogen and oxygen atoms in total. The molecule has 1 saturated heterocycles. The lowest BCUT2D eigenvalue weighted by molar-refractivity contribution is -0.384. The predicted octanol–water partition coefficient (Wildman–Crippen LogP) is 3.46. The van der Waals surface area contributed by atoms with Crippen molar-refractivity contribution in [1.82, 2.24) is 14.8 Å². The minimum atomic E-state index is -0.365. The number of nitro groups is 1. The summed E-state index contributed by atoms with van der Waals surface area (Å²) in [5.41, 5.74) is 1.78. The van der Waals surface area contributed by atoms with Gasteiger partial charge in [-0.3, -0.25) is 19.8 Å². The van der Waals surface area contributed by atoms with Crippen LogP contribution in [0.25, 0.3) is 11.5 Å². The molecule has 1 amide bonds. The van der Waals surface area contributed by atoms with Crippen molar-refractivity contribution in [1.29, 1.82) is 0 Å². The number of non-ortho nitro benzene ring substituents is 1. The molecule has 0 radical (unpaired) electrons. The third-order valence-corrected chi connectivity index (χ3v) is 5.93. The van der Waals surface area contributed by atoms with Crippen molar-refractivity contribution in [2.24, 2.45) is 0 Å². The zero-order valence-corrected chi connectivity index (χ0v) is 17.7. The molecule has 0 saturated carbocycles. The van der Waals surface area contributed by atoms with Gasteiger partial charge in [-0.2, -0.15) is 0 Å². The monoisotopic (exact) mass is 441 g/mol. The van der Waals surface area contributed by atoms with Gasteiger partial charge in [-0.05, 0) is 17.7 Å². The third-order valence-electron chi connectivity index (χ3n) is 5.17. The lowest BCUT2D eigenvalue weighted by atomic mass is 10.1. The number of carbonyl (C=O) groups excluding carboxylic acids is 1. The highest BCUT2D eigenvalue weighted by Gasteiger charge is 2.19. The Kier molecular flexibility index (Phi) is 6.70. The van der Waals surface area contributed by atoms with E-state index in [4.69, 9.17) is 4.42 Å². The van der Waals surface area contributed by atoms with E-state index >= 15 is 0 Å². The molecule has 1 aromatic carbocycles. The number of nitro benzene ring substituents is 1. The van der Waals surface area contributed by atoms with Gasteiger partial charge < -0.3 is 14.6 Å². The summed E-state index contributed by atoms with van der Waals surface area (Å²) in [6, 6.07) is 10.4. The van der Waals surface area contributed by atoms with E-state index in [1.165, 1.54) is 17.4 Å². The number of aromatic nitrogens is 1. The van der Waals surface area contributed by atoms with Crippen LogP contribution in [-0.2, 0) is 11.3 Å². The largest absolute Gasteiger partial charge is 0.463 e. The summed E-state index contributed by atoms with van der Waals surface area (Å²) >= 11 is 1.38. The van der Waals surface area contributed by atoms with Gasteiger partial charge in [-0.1, -0.05) is 12.1 Å². The Bertz CT molecular complexity index is 1030. The summed E-state index contributed by atoms with van der Waals surface area (Å²) in [4.78, 5) is 31.8. The van der Waals surface area contributed by atoms with Crippen molar-refractivity contribution < 1.29 is 14.1 Å². The van der Waals surface area contributed by atoms with Gasteiger partial charge in [0.05, 0.1) is 11.2 Å². The van der Waals surface area contributed by atoms with E-state index in [1.807, 2.05) is 17.5 Å². The normalized spacial score (nSPS) is 15.1. The Labute approximate surface area is 183 Å². The number of carbonyl (C=O) groups is 1. The summed E-state index contributed by atoms with van der Waals surface area (Å²) < 4.78 is 5.32. The molecule has 0 atom stereocenters. The SMILES string of the molecule is O=C(CCN1CCN(Cc2cccc([N+](=O)[O-])c2)CC1)Nc1nc(-c2ccco2)cs1. The van der Waals surface area contributed by atoms with Crippen LogP contribution in [-0.4, -0.2) is 58.3 Å². The second-order valence-corrected chi connectivity index (χ2v) is 8.22. The molecule has 31 heavy (non-hydrogen) atoms. The van der Waals surface area contributed by atoms with Crippen LogP contribution < -0.4 is 5.32 Å². The predicted molar refractivity (Wildman–Crippen MR) is 118 cm³/mol. The van der Waals surface area contributed by atoms with Crippen LogP contribution in [0.3, 0.4) is 0 Å². The maximum atomic E-state index is 12.3. The maximum Gasteiger partial charge on any atom is 0.269 e. The molecule has 3 aromatic rings. The van der Waals surface area contributed by atoms with Crippen molar-refractivity contribution in [3.05, 3.63) is 63.7 Å². The van der Waals surface area contributed by atoms with Crippen LogP contribution in [0.5, 0.6) is 0 Å².